The normalized spacial score (nSPS) is 10.9. The Hall–Kier alpha value is -2.54. The van der Waals surface area contributed by atoms with Crippen molar-refractivity contribution in [1.82, 2.24) is 9.97 Å². The Labute approximate surface area is 110 Å². The lowest BCUT2D eigenvalue weighted by atomic mass is 10.1. The molecule has 0 aliphatic rings. The summed E-state index contributed by atoms with van der Waals surface area (Å²) in [5.41, 5.74) is 5.87. The minimum Gasteiger partial charge on any atom is -0.478 e. The van der Waals surface area contributed by atoms with Crippen molar-refractivity contribution in [2.24, 2.45) is 0 Å². The van der Waals surface area contributed by atoms with Gasteiger partial charge >= 0.3 is 5.97 Å². The fourth-order valence-electron chi connectivity index (χ4n) is 1.85. The molecule has 7 heteroatoms. The fraction of sp³-hybridized carbons (Fsp3) is 0. The molecule has 94 valence electrons. The van der Waals surface area contributed by atoms with Gasteiger partial charge in [0.25, 0.3) is 5.56 Å². The van der Waals surface area contributed by atoms with Gasteiger partial charge in [0.05, 0.1) is 21.2 Å². The number of nitrogens with zero attached hydrogens (tertiary/aromatic N) is 2. The van der Waals surface area contributed by atoms with E-state index in [9.17, 15) is 9.59 Å². The van der Waals surface area contributed by atoms with Crippen molar-refractivity contribution in [1.29, 1.82) is 0 Å². The van der Waals surface area contributed by atoms with E-state index in [1.165, 1.54) is 18.3 Å². The highest BCUT2D eigenvalue weighted by molar-refractivity contribution is 7.22. The number of carboxylic acids is 1. The molecule has 3 aromatic rings. The summed E-state index contributed by atoms with van der Waals surface area (Å²) in [5.74, 6) is -1.03. The minimum atomic E-state index is -1.03. The van der Waals surface area contributed by atoms with Crippen LogP contribution in [-0.4, -0.2) is 21.0 Å². The molecule has 0 unspecified atom stereocenters. The highest BCUT2D eigenvalue weighted by Crippen LogP contribution is 2.27. The molecular formula is C12H7N3O3S. The molecule has 0 radical (unpaired) electrons. The number of nitrogens with two attached hydrogens (primary N) is 1. The number of aromatic carboxylic acids is 1. The van der Waals surface area contributed by atoms with Crippen LogP contribution in [0.3, 0.4) is 0 Å². The summed E-state index contributed by atoms with van der Waals surface area (Å²) in [5, 5.41) is 10.1. The van der Waals surface area contributed by atoms with Crippen molar-refractivity contribution >= 4 is 43.4 Å². The van der Waals surface area contributed by atoms with E-state index in [0.717, 1.165) is 11.3 Å². The van der Waals surface area contributed by atoms with Gasteiger partial charge in [-0.05, 0) is 18.2 Å². The highest BCUT2D eigenvalue weighted by atomic mass is 32.1. The van der Waals surface area contributed by atoms with Crippen LogP contribution in [0.1, 0.15) is 10.4 Å². The lowest BCUT2D eigenvalue weighted by Gasteiger charge is -2.03. The minimum absolute atomic E-state index is 0.136. The molecule has 0 aliphatic heterocycles. The van der Waals surface area contributed by atoms with Crippen LogP contribution < -0.4 is 11.3 Å². The molecule has 0 amide bonds. The number of benzene rings is 1. The number of nitrogen functional groups attached to an aromatic ring is 1. The summed E-state index contributed by atoms with van der Waals surface area (Å²) in [6.45, 7) is 0. The first-order chi connectivity index (χ1) is 9.06. The molecule has 0 saturated heterocycles. The standard InChI is InChI=1S/C12H7N3O3S/c13-12-15-10(16)7-4-14-8-2-1-5(11(17)18)3-6(8)9(7)19-12/h1-4H,(H,17,18)(H2,13,15,16). The maximum atomic E-state index is 11.7. The Morgan fingerprint density at radius 2 is 2.11 bits per heavy atom. The van der Waals surface area contributed by atoms with E-state index in [1.54, 1.807) is 6.07 Å². The highest BCUT2D eigenvalue weighted by Gasteiger charge is 2.10. The lowest BCUT2D eigenvalue weighted by molar-refractivity contribution is 0.0697. The zero-order valence-electron chi connectivity index (χ0n) is 9.45. The second-order valence-electron chi connectivity index (χ2n) is 3.90. The van der Waals surface area contributed by atoms with Gasteiger partial charge in [-0.2, -0.15) is 4.98 Å². The Morgan fingerprint density at radius 3 is 2.84 bits per heavy atom. The van der Waals surface area contributed by atoms with E-state index in [-0.39, 0.29) is 10.7 Å². The van der Waals surface area contributed by atoms with Gasteiger partial charge < -0.3 is 10.8 Å². The van der Waals surface area contributed by atoms with Crippen molar-refractivity contribution in [3.05, 3.63) is 40.3 Å². The lowest BCUT2D eigenvalue weighted by Crippen LogP contribution is -2.08. The van der Waals surface area contributed by atoms with Gasteiger partial charge in [0.2, 0.25) is 0 Å². The van der Waals surface area contributed by atoms with Crippen molar-refractivity contribution in [3.8, 4) is 0 Å². The molecule has 0 bridgehead atoms. The van der Waals surface area contributed by atoms with Gasteiger partial charge in [-0.15, -0.1) is 0 Å². The van der Waals surface area contributed by atoms with E-state index < -0.39 is 11.5 Å². The monoisotopic (exact) mass is 273 g/mol. The average molecular weight is 273 g/mol. The molecule has 3 N–H and O–H groups in total. The summed E-state index contributed by atoms with van der Waals surface area (Å²) < 4.78 is 0.602. The maximum Gasteiger partial charge on any atom is 0.335 e. The molecule has 2 heterocycles. The van der Waals surface area contributed by atoms with Gasteiger partial charge in [0.1, 0.15) is 0 Å². The Bertz CT molecular complexity index is 888. The third-order valence-corrected chi connectivity index (χ3v) is 3.66. The van der Waals surface area contributed by atoms with Crippen LogP contribution in [0, 0.1) is 0 Å². The molecule has 6 nitrogen and oxygen atoms in total. The number of fused-ring (bicyclic) bond motifs is 3. The third-order valence-electron chi connectivity index (χ3n) is 2.71. The first-order valence-electron chi connectivity index (χ1n) is 5.28. The van der Waals surface area contributed by atoms with Gasteiger partial charge in [0.15, 0.2) is 5.13 Å². The zero-order chi connectivity index (χ0) is 13.6. The zero-order valence-corrected chi connectivity index (χ0v) is 10.3. The number of hydrogen-bond acceptors (Lipinski definition) is 6. The van der Waals surface area contributed by atoms with Crippen LogP contribution in [-0.2, 0) is 0 Å². The van der Waals surface area contributed by atoms with Gasteiger partial charge in [-0.1, -0.05) is 11.3 Å². The summed E-state index contributed by atoms with van der Waals surface area (Å²) in [6.07, 6.45) is 1.43. The van der Waals surface area contributed by atoms with E-state index >= 15 is 0 Å². The van der Waals surface area contributed by atoms with Crippen LogP contribution in [0.5, 0.6) is 0 Å². The Balaban J connectivity index is 2.53. The molecule has 1 aromatic carbocycles. The van der Waals surface area contributed by atoms with Gasteiger partial charge in [-0.3, -0.25) is 9.78 Å². The van der Waals surface area contributed by atoms with Crippen LogP contribution in [0.25, 0.3) is 21.0 Å². The number of carboxylic acid groups (broad SMARTS) is 1. The van der Waals surface area contributed by atoms with E-state index in [1.807, 2.05) is 0 Å². The van der Waals surface area contributed by atoms with Crippen LogP contribution in [0.4, 0.5) is 5.13 Å². The Morgan fingerprint density at radius 1 is 1.32 bits per heavy atom. The van der Waals surface area contributed by atoms with E-state index in [0.29, 0.717) is 21.0 Å². The first kappa shape index (κ1) is 11.5. The molecule has 2 aromatic heterocycles. The largest absolute Gasteiger partial charge is 0.478 e. The SMILES string of the molecule is Nc1nc(=O)c2cnc3ccc(C(=O)O)cc3c2s1. The topological polar surface area (TPSA) is 106 Å². The molecule has 3 rings (SSSR count). The number of pyridine rings is 1. The van der Waals surface area contributed by atoms with Crippen molar-refractivity contribution < 1.29 is 9.90 Å². The molecule has 0 fully saturated rings. The second kappa shape index (κ2) is 3.99. The summed E-state index contributed by atoms with van der Waals surface area (Å²) >= 11 is 1.14. The van der Waals surface area contributed by atoms with E-state index in [4.69, 9.17) is 10.8 Å². The van der Waals surface area contributed by atoms with Crippen LogP contribution >= 0.6 is 11.3 Å². The number of rotatable bonds is 1. The number of carbonyl (C=O) groups is 1. The summed E-state index contributed by atoms with van der Waals surface area (Å²) in [6, 6.07) is 4.56. The average Bonchev–Trinajstić information content (AvgIpc) is 2.37. The summed E-state index contributed by atoms with van der Waals surface area (Å²) in [7, 11) is 0. The Kier molecular flexibility index (Phi) is 2.42. The van der Waals surface area contributed by atoms with E-state index in [2.05, 4.69) is 9.97 Å². The van der Waals surface area contributed by atoms with Crippen molar-refractivity contribution in [3.63, 3.8) is 0 Å². The predicted molar refractivity (Wildman–Crippen MR) is 72.6 cm³/mol. The van der Waals surface area contributed by atoms with Gasteiger partial charge in [0, 0.05) is 11.6 Å². The number of hydrogen-bond donors (Lipinski definition) is 2. The molecule has 19 heavy (non-hydrogen) atoms. The first-order valence-corrected chi connectivity index (χ1v) is 6.10. The molecular weight excluding hydrogens is 266 g/mol. The molecule has 0 saturated carbocycles. The van der Waals surface area contributed by atoms with Crippen LogP contribution in [0.2, 0.25) is 0 Å². The van der Waals surface area contributed by atoms with Crippen molar-refractivity contribution in [2.75, 3.05) is 5.73 Å². The number of aromatic nitrogens is 2. The summed E-state index contributed by atoms with van der Waals surface area (Å²) in [4.78, 5) is 30.5. The molecule has 0 atom stereocenters. The van der Waals surface area contributed by atoms with Crippen molar-refractivity contribution in [2.45, 2.75) is 0 Å². The maximum absolute atomic E-state index is 11.7. The smallest absolute Gasteiger partial charge is 0.335 e. The molecule has 0 aliphatic carbocycles. The third kappa shape index (κ3) is 1.80. The van der Waals surface area contributed by atoms with Crippen LogP contribution in [0.15, 0.2) is 29.2 Å². The quantitative estimate of drug-likeness (QED) is 0.650. The van der Waals surface area contributed by atoms with Gasteiger partial charge in [-0.25, -0.2) is 4.79 Å². The predicted octanol–water partition coefficient (Wildman–Crippen LogP) is 1.49. The number of anilines is 1. The molecule has 0 spiro atoms. The second-order valence-corrected chi connectivity index (χ2v) is 4.93. The fourth-order valence-corrected chi connectivity index (χ4v) is 2.71.